The highest BCUT2D eigenvalue weighted by molar-refractivity contribution is 7.22. The minimum absolute atomic E-state index is 0.157. The molecule has 0 saturated carbocycles. The van der Waals surface area contributed by atoms with Gasteiger partial charge in [0, 0.05) is 43.1 Å². The maximum Gasteiger partial charge on any atom is 0.180 e. The summed E-state index contributed by atoms with van der Waals surface area (Å²) in [6, 6.07) is 78.8. The lowest BCUT2D eigenvalue weighted by Crippen LogP contribution is -2.72. The zero-order valence-electron chi connectivity index (χ0n) is 31.9. The van der Waals surface area contributed by atoms with E-state index < -0.39 is 8.07 Å². The van der Waals surface area contributed by atoms with Crippen molar-refractivity contribution in [2.75, 3.05) is 9.80 Å². The van der Waals surface area contributed by atoms with Gasteiger partial charge in [-0.2, -0.15) is 0 Å². The molecule has 58 heavy (non-hydrogen) atoms. The van der Waals surface area contributed by atoms with Crippen LogP contribution in [-0.2, 0) is 0 Å². The van der Waals surface area contributed by atoms with E-state index in [-0.39, 0.29) is 6.04 Å². The van der Waals surface area contributed by atoms with E-state index in [0.717, 1.165) is 23.5 Å². The van der Waals surface area contributed by atoms with Crippen LogP contribution in [0.4, 0.5) is 28.4 Å². The van der Waals surface area contributed by atoms with Crippen molar-refractivity contribution in [2.45, 2.75) is 12.5 Å². The fraction of sp³-hybridized carbons (Fsp3) is 0.0370. The van der Waals surface area contributed by atoms with Crippen LogP contribution in [0.2, 0.25) is 0 Å². The smallest absolute Gasteiger partial charge is 0.180 e. The third-order valence-corrected chi connectivity index (χ3v) is 18.1. The van der Waals surface area contributed by atoms with Gasteiger partial charge in [0.2, 0.25) is 0 Å². The van der Waals surface area contributed by atoms with E-state index in [0.29, 0.717) is 0 Å². The largest absolute Gasteiger partial charge is 0.334 e. The Morgan fingerprint density at radius 1 is 0.448 bits per heavy atom. The monoisotopic (exact) mass is 776 g/mol. The van der Waals surface area contributed by atoms with Crippen molar-refractivity contribution in [3.05, 3.63) is 222 Å². The van der Waals surface area contributed by atoms with Crippen LogP contribution >= 0.6 is 11.3 Å². The molecule has 4 heteroatoms. The predicted octanol–water partition coefficient (Wildman–Crippen LogP) is 9.90. The summed E-state index contributed by atoms with van der Waals surface area (Å²) in [5, 5.41) is 8.34. The molecule has 11 rings (SSSR count). The lowest BCUT2D eigenvalue weighted by Gasteiger charge is -2.34. The Balaban J connectivity index is 1.16. The molecule has 0 spiro atoms. The molecule has 0 fully saturated rings. The number of para-hydroxylation sites is 3. The number of hydrogen-bond acceptors (Lipinski definition) is 3. The van der Waals surface area contributed by atoms with Crippen molar-refractivity contribution in [3.63, 3.8) is 0 Å². The zero-order chi connectivity index (χ0) is 38.5. The van der Waals surface area contributed by atoms with Gasteiger partial charge in [-0.25, -0.2) is 0 Å². The topological polar surface area (TPSA) is 6.48 Å². The van der Waals surface area contributed by atoms with E-state index in [1.807, 2.05) is 11.3 Å². The second kappa shape index (κ2) is 14.3. The van der Waals surface area contributed by atoms with Gasteiger partial charge in [0.25, 0.3) is 0 Å². The van der Waals surface area contributed by atoms with Crippen molar-refractivity contribution in [3.8, 4) is 11.1 Å². The molecule has 0 radical (unpaired) electrons. The number of fused-ring (bicyclic) bond motifs is 6. The van der Waals surface area contributed by atoms with Gasteiger partial charge in [-0.1, -0.05) is 158 Å². The number of hydrogen-bond donors (Lipinski definition) is 0. The van der Waals surface area contributed by atoms with Crippen LogP contribution in [0.15, 0.2) is 212 Å². The van der Waals surface area contributed by atoms with Crippen molar-refractivity contribution < 1.29 is 0 Å². The molecule has 1 atom stereocenters. The van der Waals surface area contributed by atoms with E-state index in [1.54, 1.807) is 0 Å². The lowest BCUT2D eigenvalue weighted by atomic mass is 10.0. The molecule has 1 aliphatic heterocycles. The van der Waals surface area contributed by atoms with E-state index >= 15 is 0 Å². The first-order valence-electron chi connectivity index (χ1n) is 20.1. The summed E-state index contributed by atoms with van der Waals surface area (Å²) in [5.74, 6) is 0. The number of anilines is 5. The van der Waals surface area contributed by atoms with Crippen molar-refractivity contribution >= 4 is 90.8 Å². The third-order valence-electron chi connectivity index (χ3n) is 12.0. The van der Waals surface area contributed by atoms with Gasteiger partial charge in [0.15, 0.2) is 8.07 Å². The van der Waals surface area contributed by atoms with Crippen molar-refractivity contribution in [1.82, 2.24) is 0 Å². The van der Waals surface area contributed by atoms with Crippen LogP contribution < -0.4 is 40.3 Å². The van der Waals surface area contributed by atoms with Gasteiger partial charge < -0.3 is 9.80 Å². The number of benzene rings is 8. The number of thiophene rings is 1. The van der Waals surface area contributed by atoms with Crippen LogP contribution in [0.5, 0.6) is 0 Å². The Hall–Kier alpha value is -6.72. The second-order valence-electron chi connectivity index (χ2n) is 15.2. The Morgan fingerprint density at radius 2 is 1.00 bits per heavy atom. The first kappa shape index (κ1) is 34.5. The molecule has 2 heterocycles. The maximum absolute atomic E-state index is 2.81. The van der Waals surface area contributed by atoms with E-state index in [9.17, 15) is 0 Å². The molecule has 0 saturated heterocycles. The molecule has 0 bridgehead atoms. The Kier molecular flexibility index (Phi) is 8.53. The quantitative estimate of drug-likeness (QED) is 0.142. The summed E-state index contributed by atoms with van der Waals surface area (Å²) in [4.78, 5) is 4.97. The molecule has 2 nitrogen and oxygen atoms in total. The second-order valence-corrected chi connectivity index (χ2v) is 20.0. The van der Waals surface area contributed by atoms with E-state index in [1.165, 1.54) is 63.1 Å². The van der Waals surface area contributed by atoms with E-state index in [2.05, 4.69) is 234 Å². The summed E-state index contributed by atoms with van der Waals surface area (Å²) in [6.07, 6.45) is 5.91. The molecule has 1 aromatic heterocycles. The first-order valence-corrected chi connectivity index (χ1v) is 22.9. The molecule has 276 valence electrons. The molecule has 2 aliphatic rings. The fourth-order valence-corrected chi connectivity index (χ4v) is 15.9. The van der Waals surface area contributed by atoms with Gasteiger partial charge in [-0.3, -0.25) is 0 Å². The van der Waals surface area contributed by atoms with Crippen LogP contribution in [0.3, 0.4) is 0 Å². The minimum atomic E-state index is -2.81. The zero-order valence-corrected chi connectivity index (χ0v) is 33.8. The molecular weight excluding hydrogens is 737 g/mol. The van der Waals surface area contributed by atoms with E-state index in [4.69, 9.17) is 0 Å². The van der Waals surface area contributed by atoms with Crippen molar-refractivity contribution in [1.29, 1.82) is 0 Å². The summed E-state index contributed by atoms with van der Waals surface area (Å²) < 4.78 is 2.73. The summed E-state index contributed by atoms with van der Waals surface area (Å²) in [6.45, 7) is 0. The highest BCUT2D eigenvalue weighted by Gasteiger charge is 2.49. The summed E-state index contributed by atoms with van der Waals surface area (Å²) >= 11 is 1.91. The highest BCUT2D eigenvalue weighted by atomic mass is 32.1. The average molecular weight is 777 g/mol. The number of rotatable bonds is 8. The van der Waals surface area contributed by atoms with Gasteiger partial charge in [0.05, 0.1) is 6.04 Å². The molecule has 9 aromatic rings. The molecule has 0 N–H and O–H groups in total. The lowest BCUT2D eigenvalue weighted by molar-refractivity contribution is 0.840. The van der Waals surface area contributed by atoms with Gasteiger partial charge in [-0.05, 0) is 110 Å². The maximum atomic E-state index is 2.57. The number of nitrogens with zero attached hydrogens (tertiary/aromatic N) is 2. The van der Waals surface area contributed by atoms with Crippen LogP contribution in [-0.4, -0.2) is 14.1 Å². The molecule has 8 aromatic carbocycles. The highest BCUT2D eigenvalue weighted by Crippen LogP contribution is 2.40. The van der Waals surface area contributed by atoms with Crippen LogP contribution in [0.25, 0.3) is 33.4 Å². The minimum Gasteiger partial charge on any atom is -0.334 e. The third kappa shape index (κ3) is 5.59. The Labute approximate surface area is 344 Å². The Morgan fingerprint density at radius 3 is 1.64 bits per heavy atom. The standard InChI is InChI=1S/C54H40N2SSi/c1-6-18-39(19-7-1)55(40-20-8-2-9-21-40)44-30-33-48-50-37-43(32-35-53(50)58(54(48)38-44,45-24-12-4-13-25-45)46-26-14-5-15-27-46)56(41-22-10-3-11-23-41)42-31-34-52-49(36-42)47-28-16-17-29-51(47)57-52/h1-30,32-38,42H,31H2. The molecule has 1 aliphatic carbocycles. The Bertz CT molecular complexity index is 2960. The normalized spacial score (nSPS) is 14.7. The molecule has 0 amide bonds. The SMILES string of the molecule is C1=c2sc3ccccc3c2=CC(N(c2ccccc2)c2ccc3c(c2)-c2ccc(N(c4ccccc4)c4ccccc4)cc2[Si]3(c2ccccc2)c2ccccc2)C1. The molecular formula is C54H40N2SSi. The average Bonchev–Trinajstić information content (AvgIpc) is 3.81. The first-order chi connectivity index (χ1) is 28.8. The summed E-state index contributed by atoms with van der Waals surface area (Å²) in [7, 11) is -2.81. The van der Waals surface area contributed by atoms with Crippen molar-refractivity contribution in [2.24, 2.45) is 0 Å². The molecule has 1 unspecified atom stereocenters. The van der Waals surface area contributed by atoms with Gasteiger partial charge in [0.1, 0.15) is 0 Å². The van der Waals surface area contributed by atoms with Crippen LogP contribution in [0, 0.1) is 0 Å². The van der Waals surface area contributed by atoms with Gasteiger partial charge in [-0.15, -0.1) is 11.3 Å². The van der Waals surface area contributed by atoms with Gasteiger partial charge >= 0.3 is 0 Å². The fourth-order valence-electron chi connectivity index (χ4n) is 9.56. The summed E-state index contributed by atoms with van der Waals surface area (Å²) in [5.41, 5.74) is 8.48. The predicted molar refractivity (Wildman–Crippen MR) is 251 cm³/mol. The van der Waals surface area contributed by atoms with Crippen LogP contribution in [0.1, 0.15) is 6.42 Å².